The van der Waals surface area contributed by atoms with Crippen LogP contribution >= 0.6 is 0 Å². The van der Waals surface area contributed by atoms with E-state index < -0.39 is 11.7 Å². The number of alkyl halides is 3. The van der Waals surface area contributed by atoms with Gasteiger partial charge in [0.05, 0.1) is 5.56 Å². The van der Waals surface area contributed by atoms with Crippen molar-refractivity contribution in [3.8, 4) is 0 Å². The molecule has 1 aliphatic heterocycles. The number of hydrogen-bond acceptors (Lipinski definition) is 5. The van der Waals surface area contributed by atoms with E-state index in [1.165, 1.54) is 18.2 Å². The summed E-state index contributed by atoms with van der Waals surface area (Å²) in [5.74, 6) is 0.0505. The van der Waals surface area contributed by atoms with Gasteiger partial charge >= 0.3 is 6.18 Å². The highest BCUT2D eigenvalue weighted by Crippen LogP contribution is 2.29. The second-order valence-corrected chi connectivity index (χ2v) is 6.11. The van der Waals surface area contributed by atoms with E-state index in [1.807, 2.05) is 0 Å². The summed E-state index contributed by atoms with van der Waals surface area (Å²) >= 11 is 0. The summed E-state index contributed by atoms with van der Waals surface area (Å²) in [5.41, 5.74) is 5.86. The molecule has 2 N–H and O–H groups in total. The van der Waals surface area contributed by atoms with E-state index in [9.17, 15) is 18.0 Å². The molecule has 138 valence electrons. The topological polar surface area (TPSA) is 75.4 Å². The van der Waals surface area contributed by atoms with Crippen LogP contribution in [-0.2, 0) is 12.7 Å². The van der Waals surface area contributed by atoms with Gasteiger partial charge < -0.3 is 10.6 Å². The summed E-state index contributed by atoms with van der Waals surface area (Å²) in [6, 6.07) is 8.23. The zero-order valence-corrected chi connectivity index (χ0v) is 13.9. The number of rotatable bonds is 3. The number of hydrogen-bond donors (Lipinski definition) is 1. The van der Waals surface area contributed by atoms with Crippen molar-refractivity contribution >= 4 is 11.7 Å². The number of carbonyl (C=O) groups excluding carboxylic acids is 1. The van der Waals surface area contributed by atoms with E-state index in [4.69, 9.17) is 5.73 Å². The Bertz CT molecular complexity index is 753. The van der Waals surface area contributed by atoms with E-state index in [1.54, 1.807) is 11.0 Å². The van der Waals surface area contributed by atoms with Crippen LogP contribution in [0.15, 0.2) is 36.4 Å². The van der Waals surface area contributed by atoms with Crippen LogP contribution in [-0.4, -0.2) is 52.1 Å². The Balaban J connectivity index is 1.53. The van der Waals surface area contributed by atoms with Gasteiger partial charge in [-0.15, -0.1) is 10.2 Å². The van der Waals surface area contributed by atoms with Crippen LogP contribution in [0.3, 0.4) is 0 Å². The Hall–Kier alpha value is -2.68. The van der Waals surface area contributed by atoms with Crippen molar-refractivity contribution in [1.29, 1.82) is 0 Å². The Morgan fingerprint density at radius 1 is 1.00 bits per heavy atom. The maximum absolute atomic E-state index is 12.6. The van der Waals surface area contributed by atoms with E-state index >= 15 is 0 Å². The van der Waals surface area contributed by atoms with Crippen molar-refractivity contribution < 1.29 is 18.0 Å². The lowest BCUT2D eigenvalue weighted by molar-refractivity contribution is -0.137. The van der Waals surface area contributed by atoms with Crippen molar-refractivity contribution in [2.24, 2.45) is 0 Å². The largest absolute Gasteiger partial charge is 0.416 e. The summed E-state index contributed by atoms with van der Waals surface area (Å²) in [6.45, 7) is 2.85. The van der Waals surface area contributed by atoms with E-state index in [-0.39, 0.29) is 17.4 Å². The molecular formula is C17H18F3N5O. The number of aromatic nitrogens is 2. The van der Waals surface area contributed by atoms with Gasteiger partial charge in [0.15, 0.2) is 5.69 Å². The normalized spacial score (nSPS) is 15.9. The van der Waals surface area contributed by atoms with Crippen LogP contribution in [0.25, 0.3) is 0 Å². The standard InChI is InChI=1S/C17H18F3N5O/c18-17(19,20)13-3-1-12(2-4-13)11-24-7-9-25(10-8-24)16(26)14-5-6-15(21)23-22-14/h1-6H,7-11H2,(H2,21,23). The van der Waals surface area contributed by atoms with Crippen molar-refractivity contribution in [2.75, 3.05) is 31.9 Å². The molecule has 6 nitrogen and oxygen atoms in total. The summed E-state index contributed by atoms with van der Waals surface area (Å²) in [6.07, 6.45) is -4.32. The molecular weight excluding hydrogens is 347 g/mol. The molecule has 1 aromatic carbocycles. The molecule has 1 saturated heterocycles. The number of nitrogen functional groups attached to an aromatic ring is 1. The molecule has 2 heterocycles. The summed E-state index contributed by atoms with van der Waals surface area (Å²) in [5, 5.41) is 7.48. The third-order valence-electron chi connectivity index (χ3n) is 4.25. The van der Waals surface area contributed by atoms with Gasteiger partial charge in [-0.05, 0) is 29.8 Å². The van der Waals surface area contributed by atoms with Gasteiger partial charge in [-0.3, -0.25) is 9.69 Å². The van der Waals surface area contributed by atoms with Crippen molar-refractivity contribution in [3.63, 3.8) is 0 Å². The quantitative estimate of drug-likeness (QED) is 0.901. The minimum absolute atomic E-state index is 0.202. The highest BCUT2D eigenvalue weighted by molar-refractivity contribution is 5.92. The lowest BCUT2D eigenvalue weighted by atomic mass is 10.1. The predicted molar refractivity (Wildman–Crippen MR) is 89.1 cm³/mol. The summed E-state index contributed by atoms with van der Waals surface area (Å²) in [7, 11) is 0. The van der Waals surface area contributed by atoms with Crippen molar-refractivity contribution in [2.45, 2.75) is 12.7 Å². The first-order valence-corrected chi connectivity index (χ1v) is 8.10. The maximum atomic E-state index is 12.6. The SMILES string of the molecule is Nc1ccc(C(=O)N2CCN(Cc3ccc(C(F)(F)F)cc3)CC2)nn1. The number of amides is 1. The van der Waals surface area contributed by atoms with E-state index in [0.29, 0.717) is 32.7 Å². The van der Waals surface area contributed by atoms with Gasteiger partial charge in [0.25, 0.3) is 5.91 Å². The average Bonchev–Trinajstić information content (AvgIpc) is 2.62. The number of benzene rings is 1. The minimum atomic E-state index is -4.32. The molecule has 3 rings (SSSR count). The maximum Gasteiger partial charge on any atom is 0.416 e. The van der Waals surface area contributed by atoms with Crippen molar-refractivity contribution in [3.05, 3.63) is 53.2 Å². The van der Waals surface area contributed by atoms with Crippen LogP contribution in [0.2, 0.25) is 0 Å². The van der Waals surface area contributed by atoms with Gasteiger partial charge in [-0.25, -0.2) is 0 Å². The second kappa shape index (κ2) is 7.28. The van der Waals surface area contributed by atoms with Crippen LogP contribution in [0.4, 0.5) is 19.0 Å². The van der Waals surface area contributed by atoms with Crippen LogP contribution in [0.5, 0.6) is 0 Å². The fourth-order valence-corrected chi connectivity index (χ4v) is 2.79. The van der Waals surface area contributed by atoms with Crippen LogP contribution in [0.1, 0.15) is 21.6 Å². The van der Waals surface area contributed by atoms with Crippen molar-refractivity contribution in [1.82, 2.24) is 20.0 Å². The molecule has 26 heavy (non-hydrogen) atoms. The highest BCUT2D eigenvalue weighted by Gasteiger charge is 2.30. The molecule has 0 spiro atoms. The summed E-state index contributed by atoms with van der Waals surface area (Å²) < 4.78 is 37.8. The molecule has 0 aliphatic carbocycles. The second-order valence-electron chi connectivity index (χ2n) is 6.11. The fourth-order valence-electron chi connectivity index (χ4n) is 2.79. The molecule has 0 radical (unpaired) electrons. The average molecular weight is 365 g/mol. The Morgan fingerprint density at radius 2 is 1.65 bits per heavy atom. The monoisotopic (exact) mass is 365 g/mol. The molecule has 1 aliphatic rings. The molecule has 1 fully saturated rings. The van der Waals surface area contributed by atoms with E-state index in [0.717, 1.165) is 17.7 Å². The minimum Gasteiger partial charge on any atom is -0.382 e. The predicted octanol–water partition coefficient (Wildman–Crippen LogP) is 2.04. The lowest BCUT2D eigenvalue weighted by Crippen LogP contribution is -2.48. The third-order valence-corrected chi connectivity index (χ3v) is 4.25. The molecule has 0 bridgehead atoms. The summed E-state index contributed by atoms with van der Waals surface area (Å²) in [4.78, 5) is 16.1. The lowest BCUT2D eigenvalue weighted by Gasteiger charge is -2.34. The fraction of sp³-hybridized carbons (Fsp3) is 0.353. The molecule has 0 unspecified atom stereocenters. The van der Waals surface area contributed by atoms with E-state index in [2.05, 4.69) is 15.1 Å². The third kappa shape index (κ3) is 4.29. The number of piperazine rings is 1. The van der Waals surface area contributed by atoms with Crippen LogP contribution < -0.4 is 5.73 Å². The molecule has 2 aromatic rings. The first-order valence-electron chi connectivity index (χ1n) is 8.10. The smallest absolute Gasteiger partial charge is 0.382 e. The Labute approximate surface area is 148 Å². The first kappa shape index (κ1) is 18.1. The molecule has 0 saturated carbocycles. The van der Waals surface area contributed by atoms with Gasteiger partial charge in [-0.1, -0.05) is 12.1 Å². The Morgan fingerprint density at radius 3 is 2.19 bits per heavy atom. The molecule has 9 heteroatoms. The Kier molecular flexibility index (Phi) is 5.08. The van der Waals surface area contributed by atoms with Gasteiger partial charge in [0.2, 0.25) is 0 Å². The van der Waals surface area contributed by atoms with Gasteiger partial charge in [-0.2, -0.15) is 13.2 Å². The number of carbonyl (C=O) groups is 1. The number of anilines is 1. The first-order chi connectivity index (χ1) is 12.3. The molecule has 1 aromatic heterocycles. The molecule has 1 amide bonds. The number of nitrogens with two attached hydrogens (primary N) is 1. The van der Waals surface area contributed by atoms with Gasteiger partial charge in [0.1, 0.15) is 5.82 Å². The number of nitrogens with zero attached hydrogens (tertiary/aromatic N) is 4. The highest BCUT2D eigenvalue weighted by atomic mass is 19.4. The number of halogens is 3. The molecule has 0 atom stereocenters. The van der Waals surface area contributed by atoms with Crippen LogP contribution in [0, 0.1) is 0 Å². The zero-order valence-electron chi connectivity index (χ0n) is 13.9. The zero-order chi connectivity index (χ0) is 18.7. The van der Waals surface area contributed by atoms with Gasteiger partial charge in [0, 0.05) is 32.7 Å².